The van der Waals surface area contributed by atoms with E-state index in [1.807, 2.05) is 6.07 Å². The van der Waals surface area contributed by atoms with Crippen molar-refractivity contribution in [2.24, 2.45) is 0 Å². The number of hydrogen-bond acceptors (Lipinski definition) is 7. The molecule has 1 N–H and O–H groups in total. The molecule has 2 saturated heterocycles. The first-order valence-corrected chi connectivity index (χ1v) is 11.7. The molecule has 0 saturated carbocycles. The van der Waals surface area contributed by atoms with Crippen molar-refractivity contribution >= 4 is 12.0 Å². The van der Waals surface area contributed by atoms with Crippen molar-refractivity contribution in [1.29, 1.82) is 5.26 Å². The fourth-order valence-corrected chi connectivity index (χ4v) is 4.44. The van der Waals surface area contributed by atoms with Crippen molar-refractivity contribution in [3.63, 3.8) is 0 Å². The molecule has 0 spiro atoms. The van der Waals surface area contributed by atoms with Crippen molar-refractivity contribution < 1.29 is 32.2 Å². The molecule has 196 valence electrons. The van der Waals surface area contributed by atoms with E-state index in [-0.39, 0.29) is 54.0 Å². The van der Waals surface area contributed by atoms with Crippen molar-refractivity contribution in [1.82, 2.24) is 25.0 Å². The van der Waals surface area contributed by atoms with Gasteiger partial charge in [0.05, 0.1) is 23.9 Å². The first-order valence-electron chi connectivity index (χ1n) is 11.7. The molecule has 3 aromatic rings. The molecular weight excluding hydrogens is 505 g/mol. The Balaban J connectivity index is 1.37. The number of aromatic nitrogens is 3. The Morgan fingerprint density at radius 1 is 1.32 bits per heavy atom. The highest BCUT2D eigenvalue weighted by Gasteiger charge is 2.39. The standard InChI is InChI=1S/C25H21F3N6O4/c26-20-5-14(8-29)1-2-15(20)9-31-23(35)21-7-22(19(11-30-21)16-10-32-34(12-16)24(27)28)38-18-3-4-33-17(6-18)13-37-25(33)36/h1-2,5,7,10-12,17-18,24H,3-4,6,9,13H2,(H,31,35)/t17-,18-/m0/s1. The summed E-state index contributed by atoms with van der Waals surface area (Å²) in [7, 11) is 0. The molecule has 10 nitrogen and oxygen atoms in total. The van der Waals surface area contributed by atoms with E-state index in [2.05, 4.69) is 15.4 Å². The quantitative estimate of drug-likeness (QED) is 0.499. The van der Waals surface area contributed by atoms with Crippen LogP contribution < -0.4 is 10.1 Å². The van der Waals surface area contributed by atoms with E-state index >= 15 is 0 Å². The monoisotopic (exact) mass is 526 g/mol. The van der Waals surface area contributed by atoms with Crippen LogP contribution >= 0.6 is 0 Å². The van der Waals surface area contributed by atoms with Gasteiger partial charge in [-0.25, -0.2) is 13.9 Å². The van der Waals surface area contributed by atoms with Gasteiger partial charge in [-0.2, -0.15) is 19.1 Å². The largest absolute Gasteiger partial charge is 0.489 e. The van der Waals surface area contributed by atoms with Crippen LogP contribution in [-0.2, 0) is 11.3 Å². The smallest absolute Gasteiger partial charge is 0.410 e. The second-order valence-corrected chi connectivity index (χ2v) is 8.84. The van der Waals surface area contributed by atoms with Crippen LogP contribution in [0.25, 0.3) is 11.1 Å². The van der Waals surface area contributed by atoms with E-state index in [0.29, 0.717) is 35.2 Å². The molecule has 5 rings (SSSR count). The summed E-state index contributed by atoms with van der Waals surface area (Å²) in [6.45, 7) is -2.30. The minimum Gasteiger partial charge on any atom is -0.489 e. The molecule has 2 aliphatic rings. The van der Waals surface area contributed by atoms with Gasteiger partial charge in [-0.3, -0.25) is 9.78 Å². The number of pyridine rings is 1. The first-order chi connectivity index (χ1) is 18.3. The summed E-state index contributed by atoms with van der Waals surface area (Å²) in [5.41, 5.74) is 0.982. The average Bonchev–Trinajstić information content (AvgIpc) is 3.55. The number of halogens is 3. The molecule has 2 atom stereocenters. The van der Waals surface area contributed by atoms with E-state index in [4.69, 9.17) is 14.7 Å². The Kier molecular flexibility index (Phi) is 6.87. The van der Waals surface area contributed by atoms with Gasteiger partial charge in [-0.1, -0.05) is 6.07 Å². The molecule has 4 heterocycles. The summed E-state index contributed by atoms with van der Waals surface area (Å²) in [5, 5.41) is 15.1. The molecule has 0 aliphatic carbocycles. The van der Waals surface area contributed by atoms with Gasteiger partial charge in [-0.05, 0) is 12.1 Å². The Morgan fingerprint density at radius 3 is 2.89 bits per heavy atom. The molecule has 0 bridgehead atoms. The maximum atomic E-state index is 14.2. The summed E-state index contributed by atoms with van der Waals surface area (Å²) in [5.74, 6) is -1.02. The van der Waals surface area contributed by atoms with Crippen molar-refractivity contribution in [2.45, 2.75) is 38.1 Å². The number of nitriles is 1. The molecule has 38 heavy (non-hydrogen) atoms. The molecule has 0 unspecified atom stereocenters. The van der Waals surface area contributed by atoms with Crippen LogP contribution in [0.1, 0.15) is 41.0 Å². The van der Waals surface area contributed by atoms with Gasteiger partial charge >= 0.3 is 12.6 Å². The van der Waals surface area contributed by atoms with Crippen LogP contribution in [0.5, 0.6) is 5.75 Å². The molecule has 2 aromatic heterocycles. The number of benzene rings is 1. The Morgan fingerprint density at radius 2 is 2.16 bits per heavy atom. The zero-order valence-corrected chi connectivity index (χ0v) is 19.8. The third-order valence-electron chi connectivity index (χ3n) is 6.43. The number of fused-ring (bicyclic) bond motifs is 1. The molecular formula is C25H21F3N6O4. The molecule has 2 aliphatic heterocycles. The normalized spacial score (nSPS) is 18.6. The van der Waals surface area contributed by atoms with Gasteiger partial charge in [-0.15, -0.1) is 0 Å². The Bertz CT molecular complexity index is 1420. The maximum absolute atomic E-state index is 14.2. The number of rotatable bonds is 7. The summed E-state index contributed by atoms with van der Waals surface area (Å²) in [4.78, 5) is 30.5. The summed E-state index contributed by atoms with van der Waals surface area (Å²) in [6.07, 6.45) is 4.02. The average molecular weight is 526 g/mol. The lowest BCUT2D eigenvalue weighted by atomic mass is 10.0. The first kappa shape index (κ1) is 25.1. The van der Waals surface area contributed by atoms with E-state index in [9.17, 15) is 22.8 Å². The number of cyclic esters (lactones) is 1. The highest BCUT2D eigenvalue weighted by molar-refractivity contribution is 5.93. The minimum absolute atomic E-state index is 0.0316. The van der Waals surface area contributed by atoms with Crippen molar-refractivity contribution in [2.75, 3.05) is 13.2 Å². The van der Waals surface area contributed by atoms with Crippen molar-refractivity contribution in [3.05, 3.63) is 65.5 Å². The van der Waals surface area contributed by atoms with E-state index in [0.717, 1.165) is 12.3 Å². The number of carbonyl (C=O) groups excluding carboxylic acids is 2. The molecule has 13 heteroatoms. The fourth-order valence-electron chi connectivity index (χ4n) is 4.44. The van der Waals surface area contributed by atoms with Crippen LogP contribution in [0.3, 0.4) is 0 Å². The second-order valence-electron chi connectivity index (χ2n) is 8.84. The van der Waals surface area contributed by atoms with E-state index < -0.39 is 18.3 Å². The maximum Gasteiger partial charge on any atom is 0.410 e. The summed E-state index contributed by atoms with van der Waals surface area (Å²) >= 11 is 0. The van der Waals surface area contributed by atoms with Crippen molar-refractivity contribution in [3.8, 4) is 22.9 Å². The van der Waals surface area contributed by atoms with Crippen LogP contribution in [-0.4, -0.2) is 57.0 Å². The minimum atomic E-state index is -2.84. The molecule has 2 fully saturated rings. The van der Waals surface area contributed by atoms with Crippen LogP contribution in [0, 0.1) is 17.1 Å². The lowest BCUT2D eigenvalue weighted by Gasteiger charge is -2.32. The number of amides is 2. The van der Waals surface area contributed by atoms with Gasteiger partial charge < -0.3 is 19.7 Å². The van der Waals surface area contributed by atoms with Crippen LogP contribution in [0.4, 0.5) is 18.0 Å². The van der Waals surface area contributed by atoms with Gasteiger partial charge in [0.2, 0.25) is 0 Å². The Hall–Kier alpha value is -4.60. The van der Waals surface area contributed by atoms with Gasteiger partial charge in [0.15, 0.2) is 0 Å². The number of nitrogens with one attached hydrogen (secondary N) is 1. The highest BCUT2D eigenvalue weighted by Crippen LogP contribution is 2.34. The summed E-state index contributed by atoms with van der Waals surface area (Å²) < 4.78 is 52.2. The number of hydrogen-bond donors (Lipinski definition) is 1. The second kappa shape index (κ2) is 10.4. The number of nitrogens with zero attached hydrogens (tertiary/aromatic N) is 5. The molecule has 1 aromatic carbocycles. The molecule has 0 radical (unpaired) electrons. The summed E-state index contributed by atoms with van der Waals surface area (Å²) in [6, 6.07) is 7.02. The predicted octanol–water partition coefficient (Wildman–Crippen LogP) is 3.64. The topological polar surface area (TPSA) is 122 Å². The van der Waals surface area contributed by atoms with Gasteiger partial charge in [0, 0.05) is 61.1 Å². The van der Waals surface area contributed by atoms with Gasteiger partial charge in [0.25, 0.3) is 5.91 Å². The third kappa shape index (κ3) is 5.10. The number of alkyl halides is 2. The van der Waals surface area contributed by atoms with Crippen LogP contribution in [0.15, 0.2) is 42.9 Å². The lowest BCUT2D eigenvalue weighted by Crippen LogP contribution is -2.44. The van der Waals surface area contributed by atoms with Crippen LogP contribution in [0.2, 0.25) is 0 Å². The SMILES string of the molecule is N#Cc1ccc(CNC(=O)c2cc(O[C@H]3CCN4C(=O)OC[C@@H]4C3)c(-c3cnn(C(F)F)c3)cn2)c(F)c1. The van der Waals surface area contributed by atoms with E-state index in [1.54, 1.807) is 4.90 Å². The zero-order valence-electron chi connectivity index (χ0n) is 19.8. The van der Waals surface area contributed by atoms with Gasteiger partial charge in [0.1, 0.15) is 30.0 Å². The predicted molar refractivity (Wildman–Crippen MR) is 124 cm³/mol. The zero-order chi connectivity index (χ0) is 26.8. The number of carbonyl (C=O) groups is 2. The number of ether oxygens (including phenoxy) is 2. The lowest BCUT2D eigenvalue weighted by molar-refractivity contribution is 0.0566. The third-order valence-corrected chi connectivity index (χ3v) is 6.43. The fraction of sp³-hybridized carbons (Fsp3) is 0.320. The number of piperidine rings is 1. The highest BCUT2D eigenvalue weighted by atomic mass is 19.3. The Labute approximate surface area is 214 Å². The molecule has 2 amide bonds. The van der Waals surface area contributed by atoms with E-state index in [1.165, 1.54) is 30.6 Å².